The van der Waals surface area contributed by atoms with Crippen LogP contribution in [0.1, 0.15) is 42.1 Å². The molecule has 112 valence electrons. The molecule has 0 aromatic carbocycles. The molecule has 1 aromatic rings. The van der Waals surface area contributed by atoms with E-state index in [1.165, 1.54) is 30.8 Å². The summed E-state index contributed by atoms with van der Waals surface area (Å²) in [6.45, 7) is 10.8. The molecular formula is C15H25N3OS. The number of carbonyl (C=O) groups is 1. The molecule has 0 spiro atoms. The molecule has 2 heterocycles. The van der Waals surface area contributed by atoms with Crippen LogP contribution in [0.2, 0.25) is 0 Å². The molecule has 5 heteroatoms. The van der Waals surface area contributed by atoms with Gasteiger partial charge in [-0.1, -0.05) is 13.8 Å². The molecule has 0 saturated carbocycles. The second-order valence-corrected chi connectivity index (χ2v) is 6.94. The molecule has 20 heavy (non-hydrogen) atoms. The van der Waals surface area contributed by atoms with E-state index in [2.05, 4.69) is 29.0 Å². The van der Waals surface area contributed by atoms with E-state index in [9.17, 15) is 4.79 Å². The number of carbonyl (C=O) groups excluding carboxylic acids is 1. The van der Waals surface area contributed by atoms with Gasteiger partial charge in [0.25, 0.3) is 5.91 Å². The monoisotopic (exact) mass is 295 g/mol. The summed E-state index contributed by atoms with van der Waals surface area (Å²) >= 11 is 1.41. The van der Waals surface area contributed by atoms with Gasteiger partial charge in [0.1, 0.15) is 4.88 Å². The van der Waals surface area contributed by atoms with Gasteiger partial charge in [-0.05, 0) is 38.1 Å². The number of hydrogen-bond donors (Lipinski definition) is 1. The normalized spacial score (nSPS) is 23.8. The number of likely N-dealkylation sites (tertiary alicyclic amines) is 1. The van der Waals surface area contributed by atoms with Crippen molar-refractivity contribution in [3.63, 3.8) is 0 Å². The molecule has 1 amide bonds. The molecule has 2 atom stereocenters. The van der Waals surface area contributed by atoms with Crippen LogP contribution >= 0.6 is 11.3 Å². The summed E-state index contributed by atoms with van der Waals surface area (Å²) < 4.78 is 0. The lowest BCUT2D eigenvalue weighted by Crippen LogP contribution is -2.40. The summed E-state index contributed by atoms with van der Waals surface area (Å²) in [5.74, 6) is 1.62. The number of aryl methyl sites for hydroxylation is 1. The molecule has 1 aliphatic rings. The van der Waals surface area contributed by atoms with Crippen molar-refractivity contribution in [2.75, 3.05) is 26.2 Å². The first-order chi connectivity index (χ1) is 9.56. The Balaban J connectivity index is 1.66. The Morgan fingerprint density at radius 1 is 1.45 bits per heavy atom. The van der Waals surface area contributed by atoms with Gasteiger partial charge < -0.3 is 10.2 Å². The number of rotatable bonds is 5. The number of amides is 1. The van der Waals surface area contributed by atoms with Crippen molar-refractivity contribution in [2.45, 2.75) is 33.6 Å². The van der Waals surface area contributed by atoms with E-state index in [1.54, 1.807) is 5.51 Å². The molecule has 1 aromatic heterocycles. The Bertz CT molecular complexity index is 436. The number of nitrogens with one attached hydrogen (secondary N) is 1. The van der Waals surface area contributed by atoms with Gasteiger partial charge in [0.05, 0.1) is 11.2 Å². The number of piperidine rings is 1. The van der Waals surface area contributed by atoms with E-state index in [1.807, 2.05) is 6.92 Å². The van der Waals surface area contributed by atoms with Crippen molar-refractivity contribution in [3.05, 3.63) is 16.1 Å². The second-order valence-electron chi connectivity index (χ2n) is 6.08. The van der Waals surface area contributed by atoms with Gasteiger partial charge in [-0.2, -0.15) is 0 Å². The van der Waals surface area contributed by atoms with Gasteiger partial charge in [0.2, 0.25) is 0 Å². The molecule has 2 unspecified atom stereocenters. The molecule has 0 aliphatic carbocycles. The molecule has 0 radical (unpaired) electrons. The topological polar surface area (TPSA) is 45.2 Å². The highest BCUT2D eigenvalue weighted by Gasteiger charge is 2.21. The highest BCUT2D eigenvalue weighted by Crippen LogP contribution is 2.20. The first kappa shape index (κ1) is 15.4. The maximum absolute atomic E-state index is 11.9. The van der Waals surface area contributed by atoms with E-state index in [4.69, 9.17) is 0 Å². The van der Waals surface area contributed by atoms with Crippen molar-refractivity contribution >= 4 is 17.2 Å². The SMILES string of the molecule is Cc1ncsc1C(=O)NCCCN1CC(C)CC(C)C1. The quantitative estimate of drug-likeness (QED) is 0.849. The fourth-order valence-corrected chi connectivity index (χ4v) is 3.80. The average Bonchev–Trinajstić information content (AvgIpc) is 2.79. The Labute approximate surface area is 125 Å². The third-order valence-electron chi connectivity index (χ3n) is 3.83. The third-order valence-corrected chi connectivity index (χ3v) is 4.76. The van der Waals surface area contributed by atoms with Crippen LogP contribution in [0.3, 0.4) is 0 Å². The van der Waals surface area contributed by atoms with E-state index in [-0.39, 0.29) is 5.91 Å². The van der Waals surface area contributed by atoms with Crippen LogP contribution < -0.4 is 5.32 Å². The third kappa shape index (κ3) is 4.28. The first-order valence-electron chi connectivity index (χ1n) is 7.47. The molecule has 1 N–H and O–H groups in total. The van der Waals surface area contributed by atoms with E-state index in [0.29, 0.717) is 0 Å². The molecule has 2 rings (SSSR count). The van der Waals surface area contributed by atoms with Crippen LogP contribution in [0.4, 0.5) is 0 Å². The summed E-state index contributed by atoms with van der Waals surface area (Å²) in [5, 5.41) is 2.99. The summed E-state index contributed by atoms with van der Waals surface area (Å²) in [5.41, 5.74) is 2.55. The summed E-state index contributed by atoms with van der Waals surface area (Å²) in [6.07, 6.45) is 2.36. The standard InChI is InChI=1S/C15H25N3OS/c1-11-7-12(2)9-18(8-11)6-4-5-16-15(19)14-13(3)17-10-20-14/h10-12H,4-9H2,1-3H3,(H,16,19). The summed E-state index contributed by atoms with van der Waals surface area (Å²) in [7, 11) is 0. The number of nitrogens with zero attached hydrogens (tertiary/aromatic N) is 2. The van der Waals surface area contributed by atoms with Gasteiger partial charge >= 0.3 is 0 Å². The predicted molar refractivity (Wildman–Crippen MR) is 83.2 cm³/mol. The van der Waals surface area contributed by atoms with E-state index in [0.717, 1.165) is 41.9 Å². The lowest BCUT2D eigenvalue weighted by atomic mass is 9.92. The number of aromatic nitrogens is 1. The van der Waals surface area contributed by atoms with E-state index >= 15 is 0 Å². The van der Waals surface area contributed by atoms with Crippen molar-refractivity contribution in [3.8, 4) is 0 Å². The fourth-order valence-electron chi connectivity index (χ4n) is 3.08. The van der Waals surface area contributed by atoms with Crippen LogP contribution in [-0.2, 0) is 0 Å². The smallest absolute Gasteiger partial charge is 0.263 e. The van der Waals surface area contributed by atoms with Gasteiger partial charge in [0, 0.05) is 19.6 Å². The molecule has 1 fully saturated rings. The number of thiazole rings is 1. The zero-order valence-electron chi connectivity index (χ0n) is 12.7. The van der Waals surface area contributed by atoms with E-state index < -0.39 is 0 Å². The fraction of sp³-hybridized carbons (Fsp3) is 0.733. The van der Waals surface area contributed by atoms with Crippen LogP contribution in [-0.4, -0.2) is 42.0 Å². The minimum absolute atomic E-state index is 0.0189. The minimum Gasteiger partial charge on any atom is -0.351 e. The van der Waals surface area contributed by atoms with Crippen LogP contribution in [0.5, 0.6) is 0 Å². The Morgan fingerprint density at radius 2 is 2.15 bits per heavy atom. The van der Waals surface area contributed by atoms with Crippen LogP contribution in [0.15, 0.2) is 5.51 Å². The molecule has 1 aliphatic heterocycles. The largest absolute Gasteiger partial charge is 0.351 e. The van der Waals surface area contributed by atoms with Crippen molar-refractivity contribution in [1.29, 1.82) is 0 Å². The molecule has 1 saturated heterocycles. The average molecular weight is 295 g/mol. The van der Waals surface area contributed by atoms with Crippen molar-refractivity contribution in [2.24, 2.45) is 11.8 Å². The predicted octanol–water partition coefficient (Wildman–Crippen LogP) is 2.55. The highest BCUT2D eigenvalue weighted by molar-refractivity contribution is 7.11. The van der Waals surface area contributed by atoms with Gasteiger partial charge in [0.15, 0.2) is 0 Å². The van der Waals surface area contributed by atoms with Gasteiger partial charge in [-0.15, -0.1) is 11.3 Å². The zero-order valence-corrected chi connectivity index (χ0v) is 13.5. The molecular weight excluding hydrogens is 270 g/mol. The Hall–Kier alpha value is -0.940. The zero-order chi connectivity index (χ0) is 14.5. The Morgan fingerprint density at radius 3 is 2.75 bits per heavy atom. The molecule has 0 bridgehead atoms. The van der Waals surface area contributed by atoms with Crippen LogP contribution in [0, 0.1) is 18.8 Å². The maximum atomic E-state index is 11.9. The van der Waals surface area contributed by atoms with Crippen molar-refractivity contribution in [1.82, 2.24) is 15.2 Å². The lowest BCUT2D eigenvalue weighted by Gasteiger charge is -2.34. The number of hydrogen-bond acceptors (Lipinski definition) is 4. The summed E-state index contributed by atoms with van der Waals surface area (Å²) in [6, 6.07) is 0. The van der Waals surface area contributed by atoms with Crippen molar-refractivity contribution < 1.29 is 4.79 Å². The maximum Gasteiger partial charge on any atom is 0.263 e. The highest BCUT2D eigenvalue weighted by atomic mass is 32.1. The minimum atomic E-state index is 0.0189. The van der Waals surface area contributed by atoms with Gasteiger partial charge in [-0.3, -0.25) is 4.79 Å². The second kappa shape index (κ2) is 7.18. The van der Waals surface area contributed by atoms with Gasteiger partial charge in [-0.25, -0.2) is 4.98 Å². The Kier molecular flexibility index (Phi) is 5.54. The first-order valence-corrected chi connectivity index (χ1v) is 8.35. The summed E-state index contributed by atoms with van der Waals surface area (Å²) in [4.78, 5) is 19.3. The molecule has 4 nitrogen and oxygen atoms in total. The van der Waals surface area contributed by atoms with Crippen LogP contribution in [0.25, 0.3) is 0 Å². The lowest BCUT2D eigenvalue weighted by molar-refractivity contribution is 0.0950.